The molecule has 114 valence electrons. The molecule has 2 aromatic heterocycles. The molecule has 0 fully saturated rings. The number of nitrogens with zero attached hydrogens (tertiary/aromatic N) is 3. The first-order chi connectivity index (χ1) is 11.1. The number of imidazole rings is 1. The van der Waals surface area contributed by atoms with Crippen molar-refractivity contribution in [1.29, 1.82) is 0 Å². The van der Waals surface area contributed by atoms with Gasteiger partial charge >= 0.3 is 0 Å². The Morgan fingerprint density at radius 2 is 1.74 bits per heavy atom. The second-order valence-electron chi connectivity index (χ2n) is 5.90. The zero-order chi connectivity index (χ0) is 16.0. The number of benzene rings is 2. The van der Waals surface area contributed by atoms with Crippen molar-refractivity contribution in [3.05, 3.63) is 65.8 Å². The minimum Gasteiger partial charge on any atom is -0.443 e. The molecule has 2 aromatic carbocycles. The van der Waals surface area contributed by atoms with Crippen molar-refractivity contribution < 1.29 is 4.42 Å². The van der Waals surface area contributed by atoms with Gasteiger partial charge in [0.1, 0.15) is 11.3 Å². The van der Waals surface area contributed by atoms with Crippen molar-refractivity contribution in [2.24, 2.45) is 0 Å². The summed E-state index contributed by atoms with van der Waals surface area (Å²) in [7, 11) is 0. The lowest BCUT2D eigenvalue weighted by molar-refractivity contribution is 0.602. The van der Waals surface area contributed by atoms with Crippen LogP contribution in [0.3, 0.4) is 0 Å². The van der Waals surface area contributed by atoms with E-state index in [4.69, 9.17) is 4.42 Å². The first-order valence-electron chi connectivity index (χ1n) is 7.58. The molecule has 0 aliphatic heterocycles. The Balaban J connectivity index is 1.92. The van der Waals surface area contributed by atoms with E-state index in [0.717, 1.165) is 22.5 Å². The first kappa shape index (κ1) is 13.8. The van der Waals surface area contributed by atoms with Crippen molar-refractivity contribution in [3.8, 4) is 17.1 Å². The van der Waals surface area contributed by atoms with Gasteiger partial charge in [0.15, 0.2) is 12.0 Å². The summed E-state index contributed by atoms with van der Waals surface area (Å²) in [6.45, 7) is 6.40. The van der Waals surface area contributed by atoms with Gasteiger partial charge in [-0.25, -0.2) is 9.97 Å². The van der Waals surface area contributed by atoms with Crippen molar-refractivity contribution in [2.75, 3.05) is 0 Å². The molecule has 0 radical (unpaired) electrons. The lowest BCUT2D eigenvalue weighted by Crippen LogP contribution is -2.02. The van der Waals surface area contributed by atoms with Crippen molar-refractivity contribution in [1.82, 2.24) is 14.5 Å². The number of rotatable bonds is 2. The molecule has 0 bridgehead atoms. The fraction of sp³-hybridized carbons (Fsp3) is 0.158. The highest BCUT2D eigenvalue weighted by atomic mass is 16.3. The van der Waals surface area contributed by atoms with Crippen LogP contribution in [0.4, 0.5) is 0 Å². The van der Waals surface area contributed by atoms with E-state index in [0.29, 0.717) is 0 Å². The van der Waals surface area contributed by atoms with Gasteiger partial charge in [0.25, 0.3) is 0 Å². The van der Waals surface area contributed by atoms with Crippen LogP contribution < -0.4 is 0 Å². The third-order valence-electron chi connectivity index (χ3n) is 4.11. The monoisotopic (exact) mass is 303 g/mol. The smallest absolute Gasteiger partial charge is 0.181 e. The minimum atomic E-state index is 0.787. The number of aryl methyl sites for hydroxylation is 3. The van der Waals surface area contributed by atoms with Gasteiger partial charge in [-0.15, -0.1) is 0 Å². The summed E-state index contributed by atoms with van der Waals surface area (Å²) in [5.74, 6) is 0.907. The van der Waals surface area contributed by atoms with Crippen LogP contribution >= 0.6 is 0 Å². The topological polar surface area (TPSA) is 43.9 Å². The van der Waals surface area contributed by atoms with E-state index < -0.39 is 0 Å². The van der Waals surface area contributed by atoms with Gasteiger partial charge < -0.3 is 4.42 Å². The van der Waals surface area contributed by atoms with Gasteiger partial charge in [0.2, 0.25) is 0 Å². The molecule has 23 heavy (non-hydrogen) atoms. The van der Waals surface area contributed by atoms with Crippen LogP contribution in [0.2, 0.25) is 0 Å². The number of aromatic nitrogens is 3. The van der Waals surface area contributed by atoms with E-state index in [-0.39, 0.29) is 0 Å². The maximum absolute atomic E-state index is 5.32. The maximum Gasteiger partial charge on any atom is 0.181 e. The Bertz CT molecular complexity index is 987. The van der Waals surface area contributed by atoms with Gasteiger partial charge in [-0.2, -0.15) is 0 Å². The van der Waals surface area contributed by atoms with E-state index in [1.165, 1.54) is 28.8 Å². The molecule has 4 heteroatoms. The van der Waals surface area contributed by atoms with Crippen LogP contribution in [0.15, 0.2) is 53.5 Å². The van der Waals surface area contributed by atoms with E-state index >= 15 is 0 Å². The fourth-order valence-corrected chi connectivity index (χ4v) is 3.25. The zero-order valence-corrected chi connectivity index (χ0v) is 13.4. The second kappa shape index (κ2) is 5.09. The standard InChI is InChI=1S/C19H17N3O/c1-12-8-13(2)18(14(3)9-12)22-7-6-20-19(22)15-4-5-17-16(10-15)21-11-23-17/h4-11H,1-3H3. The molecule has 2 heterocycles. The highest BCUT2D eigenvalue weighted by Gasteiger charge is 2.13. The molecule has 0 atom stereocenters. The second-order valence-corrected chi connectivity index (χ2v) is 5.90. The predicted octanol–water partition coefficient (Wildman–Crippen LogP) is 4.61. The van der Waals surface area contributed by atoms with Gasteiger partial charge in [0, 0.05) is 18.0 Å². The average molecular weight is 303 g/mol. The minimum absolute atomic E-state index is 0.787. The molecule has 4 rings (SSSR count). The van der Waals surface area contributed by atoms with Crippen LogP contribution in [-0.4, -0.2) is 14.5 Å². The summed E-state index contributed by atoms with van der Waals surface area (Å²) in [6, 6.07) is 10.4. The SMILES string of the molecule is Cc1cc(C)c(-n2ccnc2-c2ccc3ocnc3c2)c(C)c1. The summed E-state index contributed by atoms with van der Waals surface area (Å²) in [5, 5.41) is 0. The van der Waals surface area contributed by atoms with Crippen molar-refractivity contribution in [3.63, 3.8) is 0 Å². The summed E-state index contributed by atoms with van der Waals surface area (Å²) in [5.41, 5.74) is 7.59. The molecular formula is C19H17N3O. The Morgan fingerprint density at radius 1 is 0.957 bits per heavy atom. The Morgan fingerprint density at radius 3 is 2.52 bits per heavy atom. The maximum atomic E-state index is 5.32. The van der Waals surface area contributed by atoms with Crippen molar-refractivity contribution >= 4 is 11.1 Å². The van der Waals surface area contributed by atoms with Crippen LogP contribution in [0, 0.1) is 20.8 Å². The number of fused-ring (bicyclic) bond motifs is 1. The molecule has 0 aliphatic rings. The molecule has 4 nitrogen and oxygen atoms in total. The van der Waals surface area contributed by atoms with E-state index in [2.05, 4.69) is 47.4 Å². The summed E-state index contributed by atoms with van der Waals surface area (Å²) >= 11 is 0. The average Bonchev–Trinajstić information content (AvgIpc) is 3.13. The molecule has 0 aliphatic carbocycles. The highest BCUT2D eigenvalue weighted by molar-refractivity contribution is 5.78. The van der Waals surface area contributed by atoms with Gasteiger partial charge in [-0.1, -0.05) is 17.7 Å². The van der Waals surface area contributed by atoms with Gasteiger partial charge in [0.05, 0.1) is 5.69 Å². The fourth-order valence-electron chi connectivity index (χ4n) is 3.25. The Hall–Kier alpha value is -2.88. The summed E-state index contributed by atoms with van der Waals surface area (Å²) in [6.07, 6.45) is 5.31. The molecule has 0 amide bonds. The molecule has 4 aromatic rings. The quantitative estimate of drug-likeness (QED) is 0.543. The van der Waals surface area contributed by atoms with E-state index in [1.807, 2.05) is 30.6 Å². The molecular weight excluding hydrogens is 286 g/mol. The molecule has 0 unspecified atom stereocenters. The van der Waals surface area contributed by atoms with Crippen LogP contribution in [0.25, 0.3) is 28.2 Å². The van der Waals surface area contributed by atoms with Crippen molar-refractivity contribution in [2.45, 2.75) is 20.8 Å². The third kappa shape index (κ3) is 2.23. The molecule has 0 saturated carbocycles. The van der Waals surface area contributed by atoms with E-state index in [1.54, 1.807) is 0 Å². The van der Waals surface area contributed by atoms with Gasteiger partial charge in [-0.05, 0) is 50.1 Å². The Kier molecular flexibility index (Phi) is 3.05. The summed E-state index contributed by atoms with van der Waals surface area (Å²) < 4.78 is 7.46. The van der Waals surface area contributed by atoms with E-state index in [9.17, 15) is 0 Å². The Labute approximate surface area is 134 Å². The largest absolute Gasteiger partial charge is 0.443 e. The zero-order valence-electron chi connectivity index (χ0n) is 13.4. The lowest BCUT2D eigenvalue weighted by atomic mass is 10.0. The number of hydrogen-bond donors (Lipinski definition) is 0. The van der Waals surface area contributed by atoms with Gasteiger partial charge in [-0.3, -0.25) is 4.57 Å². The van der Waals surface area contributed by atoms with Crippen LogP contribution in [-0.2, 0) is 0 Å². The number of oxazole rings is 1. The summed E-state index contributed by atoms with van der Waals surface area (Å²) in [4.78, 5) is 8.80. The highest BCUT2D eigenvalue weighted by Crippen LogP contribution is 2.28. The number of hydrogen-bond acceptors (Lipinski definition) is 3. The normalized spacial score (nSPS) is 11.3. The predicted molar refractivity (Wildman–Crippen MR) is 90.8 cm³/mol. The molecule has 0 N–H and O–H groups in total. The lowest BCUT2D eigenvalue weighted by Gasteiger charge is -2.15. The third-order valence-corrected chi connectivity index (χ3v) is 4.11. The van der Waals surface area contributed by atoms with Crippen LogP contribution in [0.5, 0.6) is 0 Å². The first-order valence-corrected chi connectivity index (χ1v) is 7.58. The molecule has 0 saturated heterocycles. The molecule has 0 spiro atoms. The van der Waals surface area contributed by atoms with Crippen LogP contribution in [0.1, 0.15) is 16.7 Å².